The molecule has 0 fully saturated rings. The number of hydrogen-bond donors (Lipinski definition) is 2. The van der Waals surface area contributed by atoms with E-state index in [0.29, 0.717) is 44.1 Å². The standard InChI is InChI=1S/C17H21NO6S.C14H15NO5S/c1-10(17(21)23-3)7-12(20)14-9-11-8-13(22-2)15(18-16(11)25-14)24-6-4-5-19;1-7(14(18)20-3)4-9(16)11-6-8-5-10(19-2)12(17)15-13(8)21-11/h8-10,19H,4-7H2,1-3H3;5-7H,4H2,1-3H3,(H,15,17)/t10-;7-/m00/s1. The van der Waals surface area contributed by atoms with Gasteiger partial charge in [-0.2, -0.15) is 4.98 Å². The fourth-order valence-electron chi connectivity index (χ4n) is 4.15. The van der Waals surface area contributed by atoms with Gasteiger partial charge < -0.3 is 33.8 Å². The first-order chi connectivity index (χ1) is 21.9. The van der Waals surface area contributed by atoms with E-state index in [2.05, 4.69) is 19.4 Å². The number of methoxy groups -OCH3 is 4. The summed E-state index contributed by atoms with van der Waals surface area (Å²) in [5.74, 6) is -1.13. The number of fused-ring (bicyclic) bond motifs is 2. The number of thiophene rings is 2. The normalized spacial score (nSPS) is 12.1. The number of H-pyrrole nitrogens is 1. The average molecular weight is 677 g/mol. The first-order valence-electron chi connectivity index (χ1n) is 14.1. The van der Waals surface area contributed by atoms with Gasteiger partial charge in [0.25, 0.3) is 11.4 Å². The van der Waals surface area contributed by atoms with Gasteiger partial charge in [0.2, 0.25) is 0 Å². The van der Waals surface area contributed by atoms with Crippen LogP contribution in [-0.2, 0) is 19.1 Å². The quantitative estimate of drug-likeness (QED) is 0.109. The molecule has 4 aromatic rings. The van der Waals surface area contributed by atoms with Gasteiger partial charge in [0, 0.05) is 36.6 Å². The number of esters is 2. The SMILES string of the molecule is COC(=O)[C@@H](C)CC(=O)c1cc2cc(OC)c(=O)[nH]c2s1.COC(=O)[C@@H](C)CC(=O)c1cc2cc(OC)c(OCCCO)nc2s1. The number of carbonyl (C=O) groups excluding carboxylic acids is 4. The first-order valence-corrected chi connectivity index (χ1v) is 15.7. The summed E-state index contributed by atoms with van der Waals surface area (Å²) in [6.45, 7) is 3.65. The van der Waals surface area contributed by atoms with E-state index in [1.165, 1.54) is 51.1 Å². The molecule has 0 bridgehead atoms. The van der Waals surface area contributed by atoms with Crippen LogP contribution in [0.15, 0.2) is 29.1 Å². The maximum absolute atomic E-state index is 12.4. The summed E-state index contributed by atoms with van der Waals surface area (Å²) >= 11 is 2.43. The number of aliphatic hydroxyl groups is 1. The van der Waals surface area contributed by atoms with Gasteiger partial charge in [0.15, 0.2) is 23.1 Å². The molecule has 0 unspecified atom stereocenters. The molecule has 15 heteroatoms. The van der Waals surface area contributed by atoms with Crippen molar-refractivity contribution in [2.45, 2.75) is 33.1 Å². The van der Waals surface area contributed by atoms with Crippen molar-refractivity contribution < 1.29 is 48.0 Å². The van der Waals surface area contributed by atoms with E-state index < -0.39 is 23.8 Å². The lowest BCUT2D eigenvalue weighted by molar-refractivity contribution is -0.145. The fourth-order valence-corrected chi connectivity index (χ4v) is 6.09. The number of hydrogen-bond acceptors (Lipinski definition) is 14. The molecule has 4 rings (SSSR count). The molecule has 248 valence electrons. The Bertz CT molecular complexity index is 1760. The van der Waals surface area contributed by atoms with Gasteiger partial charge in [-0.15, -0.1) is 22.7 Å². The van der Waals surface area contributed by atoms with Crippen LogP contribution in [0.2, 0.25) is 0 Å². The average Bonchev–Trinajstić information content (AvgIpc) is 3.67. The number of aliphatic hydroxyl groups excluding tert-OH is 1. The third-order valence-electron chi connectivity index (χ3n) is 6.66. The van der Waals surface area contributed by atoms with Crippen LogP contribution in [-0.4, -0.2) is 80.2 Å². The van der Waals surface area contributed by atoms with Crippen molar-refractivity contribution in [3.63, 3.8) is 0 Å². The predicted octanol–water partition coefficient (Wildman–Crippen LogP) is 4.43. The molecule has 0 aromatic carbocycles. The fraction of sp³-hybridized carbons (Fsp3) is 0.419. The third kappa shape index (κ3) is 9.11. The monoisotopic (exact) mass is 676 g/mol. The smallest absolute Gasteiger partial charge is 0.308 e. The highest BCUT2D eigenvalue weighted by molar-refractivity contribution is 7.20. The second-order valence-corrected chi connectivity index (χ2v) is 12.2. The zero-order valence-corrected chi connectivity index (χ0v) is 27.9. The molecule has 13 nitrogen and oxygen atoms in total. The van der Waals surface area contributed by atoms with Gasteiger partial charge in [-0.05, 0) is 24.3 Å². The molecular formula is C31H36N2O11S2. The molecule has 0 radical (unpaired) electrons. The molecule has 0 aliphatic heterocycles. The Morgan fingerprint density at radius 3 is 1.91 bits per heavy atom. The maximum Gasteiger partial charge on any atom is 0.308 e. The number of aromatic amines is 1. The van der Waals surface area contributed by atoms with Gasteiger partial charge in [-0.1, -0.05) is 13.8 Å². The van der Waals surface area contributed by atoms with Crippen LogP contribution in [0.25, 0.3) is 20.4 Å². The molecule has 0 aliphatic rings. The minimum Gasteiger partial charge on any atom is -0.491 e. The highest BCUT2D eigenvalue weighted by Crippen LogP contribution is 2.34. The molecule has 4 heterocycles. The molecule has 46 heavy (non-hydrogen) atoms. The Hall–Kier alpha value is -4.34. The van der Waals surface area contributed by atoms with Gasteiger partial charge in [0.05, 0.1) is 56.6 Å². The number of nitrogens with one attached hydrogen (secondary N) is 1. The number of aromatic nitrogens is 2. The largest absolute Gasteiger partial charge is 0.491 e. The third-order valence-corrected chi connectivity index (χ3v) is 8.85. The molecule has 0 saturated heterocycles. The number of ether oxygens (including phenoxy) is 5. The Morgan fingerprint density at radius 2 is 1.37 bits per heavy atom. The van der Waals surface area contributed by atoms with Crippen molar-refractivity contribution >= 4 is 66.6 Å². The zero-order chi connectivity index (χ0) is 34.0. The summed E-state index contributed by atoms with van der Waals surface area (Å²) in [5, 5.41) is 10.3. The summed E-state index contributed by atoms with van der Waals surface area (Å²) in [5.41, 5.74) is -0.339. The number of rotatable bonds is 14. The van der Waals surface area contributed by atoms with Crippen molar-refractivity contribution in [3.8, 4) is 17.4 Å². The minimum atomic E-state index is -0.499. The van der Waals surface area contributed by atoms with Crippen LogP contribution >= 0.6 is 22.7 Å². The Kier molecular flexibility index (Phi) is 13.2. The zero-order valence-electron chi connectivity index (χ0n) is 26.3. The van der Waals surface area contributed by atoms with E-state index in [1.807, 2.05) is 0 Å². The Morgan fingerprint density at radius 1 is 0.826 bits per heavy atom. The summed E-state index contributed by atoms with van der Waals surface area (Å²) in [7, 11) is 5.52. The van der Waals surface area contributed by atoms with Crippen LogP contribution in [0.1, 0.15) is 52.5 Å². The first kappa shape index (κ1) is 36.1. The lowest BCUT2D eigenvalue weighted by atomic mass is 10.0. The van der Waals surface area contributed by atoms with E-state index in [0.717, 1.165) is 10.8 Å². The number of ketones is 2. The molecule has 2 N–H and O–H groups in total. The highest BCUT2D eigenvalue weighted by Gasteiger charge is 2.22. The molecule has 0 aliphatic carbocycles. The molecule has 2 atom stereocenters. The van der Waals surface area contributed by atoms with Crippen LogP contribution in [0.4, 0.5) is 0 Å². The van der Waals surface area contributed by atoms with E-state index in [-0.39, 0.29) is 42.3 Å². The molecule has 0 spiro atoms. The van der Waals surface area contributed by atoms with E-state index in [9.17, 15) is 24.0 Å². The van der Waals surface area contributed by atoms with Crippen molar-refractivity contribution in [2.75, 3.05) is 41.7 Å². The van der Waals surface area contributed by atoms with E-state index in [4.69, 9.17) is 19.3 Å². The van der Waals surface area contributed by atoms with Crippen LogP contribution < -0.4 is 19.8 Å². The second-order valence-electron chi connectivity index (χ2n) is 10.1. The molecule has 4 aromatic heterocycles. The summed E-state index contributed by atoms with van der Waals surface area (Å²) in [6, 6.07) is 6.77. The topological polar surface area (TPSA) is 180 Å². The lowest BCUT2D eigenvalue weighted by Gasteiger charge is -2.08. The number of nitrogens with zero attached hydrogens (tertiary/aromatic N) is 1. The van der Waals surface area contributed by atoms with Crippen LogP contribution in [0.3, 0.4) is 0 Å². The van der Waals surface area contributed by atoms with Crippen molar-refractivity contribution in [2.24, 2.45) is 11.8 Å². The predicted molar refractivity (Wildman–Crippen MR) is 173 cm³/mol. The number of Topliss-reactive ketones (excluding diaryl/α,β-unsaturated/α-hetero) is 2. The minimum absolute atomic E-state index is 0.0284. The maximum atomic E-state index is 12.4. The van der Waals surface area contributed by atoms with Crippen molar-refractivity contribution in [1.29, 1.82) is 0 Å². The Balaban J connectivity index is 0.000000254. The lowest BCUT2D eigenvalue weighted by Crippen LogP contribution is -2.16. The Labute approximate surface area is 272 Å². The van der Waals surface area contributed by atoms with Crippen molar-refractivity contribution in [3.05, 3.63) is 44.4 Å². The van der Waals surface area contributed by atoms with Gasteiger partial charge in [-0.25, -0.2) is 0 Å². The highest BCUT2D eigenvalue weighted by atomic mass is 32.1. The van der Waals surface area contributed by atoms with Crippen molar-refractivity contribution in [1.82, 2.24) is 9.97 Å². The summed E-state index contributed by atoms with van der Waals surface area (Å²) in [4.78, 5) is 68.3. The molecular weight excluding hydrogens is 640 g/mol. The van der Waals surface area contributed by atoms with Gasteiger partial charge in [0.1, 0.15) is 9.66 Å². The van der Waals surface area contributed by atoms with E-state index in [1.54, 1.807) is 38.1 Å². The van der Waals surface area contributed by atoms with Gasteiger partial charge in [-0.3, -0.25) is 24.0 Å². The van der Waals surface area contributed by atoms with Crippen LogP contribution in [0, 0.1) is 11.8 Å². The molecule has 0 saturated carbocycles. The number of pyridine rings is 2. The van der Waals surface area contributed by atoms with Gasteiger partial charge >= 0.3 is 11.9 Å². The van der Waals surface area contributed by atoms with E-state index >= 15 is 0 Å². The van der Waals surface area contributed by atoms with Crippen LogP contribution in [0.5, 0.6) is 17.4 Å². The number of carbonyl (C=O) groups is 4. The molecule has 0 amide bonds. The summed E-state index contributed by atoms with van der Waals surface area (Å²) in [6.07, 6.45) is 0.639. The summed E-state index contributed by atoms with van der Waals surface area (Å²) < 4.78 is 25.0. The second kappa shape index (κ2) is 16.8.